The summed E-state index contributed by atoms with van der Waals surface area (Å²) in [5.74, 6) is 0. The van der Waals surface area contributed by atoms with Gasteiger partial charge in [0.05, 0.1) is 0 Å². The first kappa shape index (κ1) is 19.7. The molecule has 0 unspecified atom stereocenters. The second-order valence-corrected chi connectivity index (χ2v) is 0.224. The van der Waals surface area contributed by atoms with Crippen molar-refractivity contribution in [1.29, 1.82) is 0 Å². The van der Waals surface area contributed by atoms with Gasteiger partial charge in [0, 0.05) is 0 Å². The van der Waals surface area contributed by atoms with Crippen molar-refractivity contribution >= 4 is 0 Å². The molecule has 1 N–H and O–H groups in total. The first-order chi connectivity index (χ1) is 1.41. The average molecular weight is 65.0 g/mol. The van der Waals surface area contributed by atoms with E-state index in [0.717, 1.165) is 0 Å². The summed E-state index contributed by atoms with van der Waals surface area (Å²) in [4.78, 5) is 2.75. The smallest absolute Gasteiger partial charge is 0.870 e. The molecule has 0 aromatic heterocycles. The maximum absolute atomic E-state index is 5.83. The third-order valence-electron chi connectivity index (χ3n) is 0. The molecule has 0 aliphatic rings. The van der Waals surface area contributed by atoms with E-state index in [-0.39, 0.29) is 24.3 Å². The summed E-state index contributed by atoms with van der Waals surface area (Å²) in [5.41, 5.74) is 0. The topological polar surface area (TPSA) is 34.4 Å². The van der Waals surface area contributed by atoms with Gasteiger partial charge in [0.1, 0.15) is 0 Å². The zero-order valence-corrected chi connectivity index (χ0v) is 3.39. The van der Waals surface area contributed by atoms with Crippen LogP contribution in [-0.2, 0) is 0 Å². The Kier molecular flexibility index (Phi) is 135. The Hall–Kier alpha value is 0.0474. The molecule has 0 aliphatic heterocycles. The van der Waals surface area contributed by atoms with Crippen LogP contribution in [0.5, 0.6) is 0 Å². The van der Waals surface area contributed by atoms with Crippen LogP contribution in [0.25, 0.3) is 4.85 Å². The predicted molar refractivity (Wildman–Crippen MR) is 14.5 cm³/mol. The number of hydrogen-bond acceptors (Lipinski definition) is 1. The molecular formula is C2H4LiNO. The molecular weight excluding hydrogens is 61.0 g/mol. The van der Waals surface area contributed by atoms with E-state index >= 15 is 0 Å². The maximum Gasteiger partial charge on any atom is 1.00 e. The minimum absolute atomic E-state index is 0. The third kappa shape index (κ3) is 7550. The van der Waals surface area contributed by atoms with Crippen molar-refractivity contribution in [1.82, 2.24) is 0 Å². The summed E-state index contributed by atoms with van der Waals surface area (Å²) < 4.78 is 0. The van der Waals surface area contributed by atoms with Crippen LogP contribution in [0.2, 0.25) is 0 Å². The van der Waals surface area contributed by atoms with Crippen molar-refractivity contribution in [3.8, 4) is 0 Å². The van der Waals surface area contributed by atoms with Crippen LogP contribution in [0.3, 0.4) is 0 Å². The van der Waals surface area contributed by atoms with E-state index in [4.69, 9.17) is 6.57 Å². The zero-order valence-electron chi connectivity index (χ0n) is 3.39. The molecule has 24 valence electrons. The van der Waals surface area contributed by atoms with E-state index in [9.17, 15) is 0 Å². The van der Waals surface area contributed by atoms with Gasteiger partial charge < -0.3 is 10.3 Å². The molecule has 0 bridgehead atoms. The molecule has 0 aromatic carbocycles. The number of nitrogens with zero attached hydrogens (tertiary/aromatic N) is 1. The molecule has 0 saturated heterocycles. The van der Waals surface area contributed by atoms with E-state index < -0.39 is 0 Å². The Bertz CT molecular complexity index is 31.1. The Balaban J connectivity index is -0.0000000200. The fourth-order valence-corrected chi connectivity index (χ4v) is 0. The number of hydrogen-bond donors (Lipinski definition) is 0. The predicted octanol–water partition coefficient (Wildman–Crippen LogP) is -2.64. The Morgan fingerprint density at radius 2 is 1.60 bits per heavy atom. The molecule has 0 heterocycles. The fraction of sp³-hybridized carbons (Fsp3) is 0.500. The second-order valence-electron chi connectivity index (χ2n) is 0.224. The van der Waals surface area contributed by atoms with E-state index in [1.807, 2.05) is 0 Å². The maximum atomic E-state index is 5.83. The van der Waals surface area contributed by atoms with Crippen LogP contribution in [0.1, 0.15) is 0 Å². The number of rotatable bonds is 0. The van der Waals surface area contributed by atoms with Crippen LogP contribution < -0.4 is 18.9 Å². The van der Waals surface area contributed by atoms with Gasteiger partial charge in [-0.1, -0.05) is 0 Å². The molecule has 0 spiro atoms. The van der Waals surface area contributed by atoms with Crippen LogP contribution >= 0.6 is 0 Å². The Morgan fingerprint density at radius 3 is 1.60 bits per heavy atom. The molecule has 0 saturated carbocycles. The minimum Gasteiger partial charge on any atom is -0.870 e. The van der Waals surface area contributed by atoms with Crippen molar-refractivity contribution < 1.29 is 24.3 Å². The Labute approximate surface area is 43.5 Å². The first-order valence-corrected chi connectivity index (χ1v) is 0.671. The van der Waals surface area contributed by atoms with E-state index in [1.54, 1.807) is 0 Å². The van der Waals surface area contributed by atoms with E-state index in [1.165, 1.54) is 7.05 Å². The van der Waals surface area contributed by atoms with Gasteiger partial charge in [-0.2, -0.15) is 0 Å². The van der Waals surface area contributed by atoms with E-state index in [0.29, 0.717) is 0 Å². The van der Waals surface area contributed by atoms with Gasteiger partial charge in [0.2, 0.25) is 7.05 Å². The normalized spacial score (nSPS) is 1.60. The van der Waals surface area contributed by atoms with Gasteiger partial charge in [-0.3, -0.25) is 0 Å². The first-order valence-electron chi connectivity index (χ1n) is 0.671. The molecule has 2 nitrogen and oxygen atoms in total. The minimum atomic E-state index is 0. The second kappa shape index (κ2) is 34.3. The summed E-state index contributed by atoms with van der Waals surface area (Å²) in [6.45, 7) is 5.83. The van der Waals surface area contributed by atoms with Crippen molar-refractivity contribution in [3.05, 3.63) is 11.4 Å². The fourth-order valence-electron chi connectivity index (χ4n) is 0. The summed E-state index contributed by atoms with van der Waals surface area (Å²) in [6.07, 6.45) is 0. The SMILES string of the molecule is [C-]#[N+]C.[Li+].[OH-]. The summed E-state index contributed by atoms with van der Waals surface area (Å²) in [6, 6.07) is 0. The van der Waals surface area contributed by atoms with Crippen LogP contribution in [-0.4, -0.2) is 12.5 Å². The Morgan fingerprint density at radius 1 is 1.60 bits per heavy atom. The largest absolute Gasteiger partial charge is 1.00 e. The summed E-state index contributed by atoms with van der Waals surface area (Å²) in [5, 5.41) is 0. The van der Waals surface area contributed by atoms with Crippen LogP contribution in [0.4, 0.5) is 0 Å². The van der Waals surface area contributed by atoms with Gasteiger partial charge in [-0.25, -0.2) is 6.57 Å². The van der Waals surface area contributed by atoms with Crippen molar-refractivity contribution in [3.63, 3.8) is 0 Å². The monoisotopic (exact) mass is 65.0 g/mol. The van der Waals surface area contributed by atoms with Crippen molar-refractivity contribution in [2.75, 3.05) is 7.05 Å². The molecule has 0 rings (SSSR count). The van der Waals surface area contributed by atoms with Crippen LogP contribution in [0.15, 0.2) is 0 Å². The molecule has 0 aromatic rings. The zero-order chi connectivity index (χ0) is 2.71. The molecule has 0 amide bonds. The van der Waals surface area contributed by atoms with Gasteiger partial charge in [0.15, 0.2) is 0 Å². The average Bonchev–Trinajstić information content (AvgIpc) is 0.918. The van der Waals surface area contributed by atoms with Gasteiger partial charge in [-0.15, -0.1) is 0 Å². The molecule has 0 fully saturated rings. The molecule has 3 heteroatoms. The van der Waals surface area contributed by atoms with Crippen molar-refractivity contribution in [2.24, 2.45) is 0 Å². The molecule has 0 atom stereocenters. The molecule has 0 aliphatic carbocycles. The van der Waals surface area contributed by atoms with Crippen LogP contribution in [0, 0.1) is 6.57 Å². The standard InChI is InChI=1S/C2H3N.Li.H2O/c1-3-2;;/h1H3;;1H2/q;+1;/p-1. The van der Waals surface area contributed by atoms with Gasteiger partial charge >= 0.3 is 18.9 Å². The quantitative estimate of drug-likeness (QED) is 0.224. The molecule has 5 heavy (non-hydrogen) atoms. The van der Waals surface area contributed by atoms with E-state index in [2.05, 4.69) is 4.85 Å². The summed E-state index contributed by atoms with van der Waals surface area (Å²) in [7, 11) is 1.42. The summed E-state index contributed by atoms with van der Waals surface area (Å²) >= 11 is 0. The van der Waals surface area contributed by atoms with Gasteiger partial charge in [0.25, 0.3) is 0 Å². The third-order valence-corrected chi connectivity index (χ3v) is 0. The van der Waals surface area contributed by atoms with Gasteiger partial charge in [-0.05, 0) is 0 Å². The van der Waals surface area contributed by atoms with Crippen molar-refractivity contribution in [2.45, 2.75) is 0 Å². The molecule has 0 radical (unpaired) electrons.